The minimum Gasteiger partial charge on any atom is -0.493 e. The highest BCUT2D eigenvalue weighted by molar-refractivity contribution is 6.32. The average molecular weight is 419 g/mol. The molecule has 2 rings (SSSR count). The van der Waals surface area contributed by atoms with Crippen molar-refractivity contribution in [2.24, 2.45) is 0 Å². The van der Waals surface area contributed by atoms with Crippen LogP contribution in [0.25, 0.3) is 0 Å². The van der Waals surface area contributed by atoms with Gasteiger partial charge in [-0.3, -0.25) is 9.59 Å². The predicted octanol–water partition coefficient (Wildman–Crippen LogP) is 4.11. The summed E-state index contributed by atoms with van der Waals surface area (Å²) < 4.78 is 10.9. The van der Waals surface area contributed by atoms with Crippen LogP contribution in [0.4, 0.5) is 0 Å². The van der Waals surface area contributed by atoms with Crippen LogP contribution in [-0.2, 0) is 6.54 Å². The summed E-state index contributed by atoms with van der Waals surface area (Å²) >= 11 is 6.31. The molecule has 7 heteroatoms. The van der Waals surface area contributed by atoms with Gasteiger partial charge in [0.2, 0.25) is 0 Å². The number of hydrogen-bond acceptors (Lipinski definition) is 4. The maximum Gasteiger partial charge on any atom is 0.254 e. The van der Waals surface area contributed by atoms with Gasteiger partial charge in [0.05, 0.1) is 18.7 Å². The molecule has 2 amide bonds. The van der Waals surface area contributed by atoms with Crippen LogP contribution >= 0.6 is 11.6 Å². The van der Waals surface area contributed by atoms with Gasteiger partial charge in [-0.15, -0.1) is 0 Å². The maximum atomic E-state index is 13.0. The molecule has 0 spiro atoms. The fourth-order valence-electron chi connectivity index (χ4n) is 2.87. The van der Waals surface area contributed by atoms with Crippen molar-refractivity contribution in [2.45, 2.75) is 20.4 Å². The number of carbonyl (C=O) groups is 2. The molecule has 0 saturated carbocycles. The molecule has 0 saturated heterocycles. The molecule has 0 aromatic heterocycles. The van der Waals surface area contributed by atoms with Gasteiger partial charge in [-0.1, -0.05) is 23.7 Å². The van der Waals surface area contributed by atoms with Crippen molar-refractivity contribution in [3.8, 4) is 11.5 Å². The molecule has 0 atom stereocenters. The van der Waals surface area contributed by atoms with Gasteiger partial charge < -0.3 is 19.3 Å². The predicted molar refractivity (Wildman–Crippen MR) is 114 cm³/mol. The molecule has 29 heavy (non-hydrogen) atoms. The zero-order valence-corrected chi connectivity index (χ0v) is 18.2. The summed E-state index contributed by atoms with van der Waals surface area (Å²) in [5.74, 6) is 0.628. The Labute approximate surface area is 177 Å². The van der Waals surface area contributed by atoms with E-state index in [-0.39, 0.29) is 11.8 Å². The number of rotatable bonds is 8. The zero-order valence-electron chi connectivity index (χ0n) is 17.5. The molecule has 2 aromatic rings. The van der Waals surface area contributed by atoms with Gasteiger partial charge in [-0.25, -0.2) is 0 Å². The number of benzene rings is 2. The van der Waals surface area contributed by atoms with Crippen LogP contribution in [0.15, 0.2) is 36.4 Å². The molecule has 0 fully saturated rings. The average Bonchev–Trinajstić information content (AvgIpc) is 2.72. The van der Waals surface area contributed by atoms with E-state index in [4.69, 9.17) is 21.1 Å². The quantitative estimate of drug-likeness (QED) is 0.647. The number of hydrogen-bond donors (Lipinski definition) is 0. The van der Waals surface area contributed by atoms with Crippen molar-refractivity contribution in [2.75, 3.05) is 34.4 Å². The van der Waals surface area contributed by atoms with Crippen molar-refractivity contribution in [1.82, 2.24) is 9.80 Å². The number of carbonyl (C=O) groups excluding carboxylic acids is 2. The summed E-state index contributed by atoms with van der Waals surface area (Å²) in [4.78, 5) is 28.3. The Hall–Kier alpha value is -2.73. The van der Waals surface area contributed by atoms with Crippen molar-refractivity contribution >= 4 is 23.4 Å². The maximum absolute atomic E-state index is 13.0. The van der Waals surface area contributed by atoms with Crippen molar-refractivity contribution in [1.29, 1.82) is 0 Å². The summed E-state index contributed by atoms with van der Waals surface area (Å²) in [5.41, 5.74) is 1.97. The zero-order chi connectivity index (χ0) is 21.6. The molecule has 0 unspecified atom stereocenters. The van der Waals surface area contributed by atoms with Crippen LogP contribution in [-0.4, -0.2) is 56.0 Å². The Morgan fingerprint density at radius 1 is 1.00 bits per heavy atom. The van der Waals surface area contributed by atoms with E-state index in [0.717, 1.165) is 5.56 Å². The number of methoxy groups -OCH3 is 1. The molecule has 0 aliphatic heterocycles. The molecule has 0 radical (unpaired) electrons. The summed E-state index contributed by atoms with van der Waals surface area (Å²) in [5, 5.41) is 0.331. The number of nitrogens with zero attached hydrogens (tertiary/aromatic N) is 2. The molecule has 0 aliphatic rings. The van der Waals surface area contributed by atoms with Gasteiger partial charge in [0.25, 0.3) is 11.8 Å². The summed E-state index contributed by atoms with van der Waals surface area (Å²) in [6.07, 6.45) is 0. The normalized spacial score (nSPS) is 10.4. The third-order valence-corrected chi connectivity index (χ3v) is 4.70. The summed E-state index contributed by atoms with van der Waals surface area (Å²) in [6.45, 7) is 5.14. The highest BCUT2D eigenvalue weighted by Gasteiger charge is 2.20. The number of ether oxygens (including phenoxy) is 2. The van der Waals surface area contributed by atoms with Crippen LogP contribution < -0.4 is 9.47 Å². The topological polar surface area (TPSA) is 59.1 Å². The van der Waals surface area contributed by atoms with E-state index in [9.17, 15) is 9.59 Å². The monoisotopic (exact) mass is 418 g/mol. The van der Waals surface area contributed by atoms with E-state index in [1.807, 2.05) is 26.0 Å². The highest BCUT2D eigenvalue weighted by atomic mass is 35.5. The first kappa shape index (κ1) is 22.6. The Kier molecular flexibility index (Phi) is 7.91. The molecule has 0 N–H and O–H groups in total. The Morgan fingerprint density at radius 3 is 2.17 bits per heavy atom. The lowest BCUT2D eigenvalue weighted by atomic mass is 10.1. The number of halogens is 1. The highest BCUT2D eigenvalue weighted by Crippen LogP contribution is 2.36. The molecule has 0 bridgehead atoms. The Bertz CT molecular complexity index is 866. The van der Waals surface area contributed by atoms with Crippen LogP contribution in [0, 0.1) is 0 Å². The second-order valence-corrected chi connectivity index (χ2v) is 7.05. The lowest BCUT2D eigenvalue weighted by Crippen LogP contribution is -2.30. The minimum absolute atomic E-state index is 0.0592. The van der Waals surface area contributed by atoms with Gasteiger partial charge in [0.1, 0.15) is 0 Å². The Morgan fingerprint density at radius 2 is 1.66 bits per heavy atom. The van der Waals surface area contributed by atoms with Crippen LogP contribution in [0.1, 0.15) is 40.1 Å². The van der Waals surface area contributed by atoms with Gasteiger partial charge in [0.15, 0.2) is 11.5 Å². The Balaban J connectivity index is 2.22. The number of amides is 2. The van der Waals surface area contributed by atoms with Crippen LogP contribution in [0.2, 0.25) is 5.02 Å². The molecule has 156 valence electrons. The van der Waals surface area contributed by atoms with E-state index in [1.165, 1.54) is 12.0 Å². The fourth-order valence-corrected chi connectivity index (χ4v) is 3.13. The standard InChI is InChI=1S/C22H27ClN2O4/c1-6-25(14-15-8-10-16(11-9-15)21(26)24(3)4)22(27)17-12-18(23)20(29-7-2)19(13-17)28-5/h8-13H,6-7,14H2,1-5H3. The third kappa shape index (κ3) is 5.41. The summed E-state index contributed by atoms with van der Waals surface area (Å²) in [7, 11) is 4.94. The van der Waals surface area contributed by atoms with E-state index in [1.54, 1.807) is 43.3 Å². The van der Waals surface area contributed by atoms with E-state index >= 15 is 0 Å². The first-order valence-corrected chi connectivity index (χ1v) is 9.80. The summed E-state index contributed by atoms with van der Waals surface area (Å²) in [6, 6.07) is 10.5. The van der Waals surface area contributed by atoms with Crippen LogP contribution in [0.5, 0.6) is 11.5 Å². The van der Waals surface area contributed by atoms with Gasteiger partial charge in [-0.05, 0) is 43.7 Å². The molecule has 0 aliphatic carbocycles. The lowest BCUT2D eigenvalue weighted by Gasteiger charge is -2.22. The van der Waals surface area contributed by atoms with E-state index < -0.39 is 0 Å². The molecular formula is C22H27ClN2O4. The molecular weight excluding hydrogens is 392 g/mol. The van der Waals surface area contributed by atoms with Crippen molar-refractivity contribution in [3.63, 3.8) is 0 Å². The smallest absolute Gasteiger partial charge is 0.254 e. The second kappa shape index (κ2) is 10.2. The van der Waals surface area contributed by atoms with Crippen molar-refractivity contribution in [3.05, 3.63) is 58.1 Å². The van der Waals surface area contributed by atoms with Gasteiger partial charge in [0, 0.05) is 38.3 Å². The molecule has 2 aromatic carbocycles. The van der Waals surface area contributed by atoms with Crippen LogP contribution in [0.3, 0.4) is 0 Å². The second-order valence-electron chi connectivity index (χ2n) is 6.64. The first-order valence-electron chi connectivity index (χ1n) is 9.42. The van der Waals surface area contributed by atoms with E-state index in [2.05, 4.69) is 0 Å². The fraction of sp³-hybridized carbons (Fsp3) is 0.364. The SMILES string of the molecule is CCOc1c(Cl)cc(C(=O)N(CC)Cc2ccc(C(=O)N(C)C)cc2)cc1OC. The third-order valence-electron chi connectivity index (χ3n) is 4.41. The lowest BCUT2D eigenvalue weighted by molar-refractivity contribution is 0.0751. The van der Waals surface area contributed by atoms with Gasteiger partial charge >= 0.3 is 0 Å². The molecule has 6 nitrogen and oxygen atoms in total. The van der Waals surface area contributed by atoms with E-state index in [0.29, 0.717) is 47.3 Å². The minimum atomic E-state index is -0.163. The largest absolute Gasteiger partial charge is 0.493 e. The van der Waals surface area contributed by atoms with Crippen molar-refractivity contribution < 1.29 is 19.1 Å². The van der Waals surface area contributed by atoms with Gasteiger partial charge in [-0.2, -0.15) is 0 Å². The first-order chi connectivity index (χ1) is 13.8. The molecule has 0 heterocycles.